The molecule has 1 atom stereocenters. The lowest BCUT2D eigenvalue weighted by molar-refractivity contribution is -0.128. The molecule has 3 saturated carbocycles. The van der Waals surface area contributed by atoms with Crippen molar-refractivity contribution in [1.29, 1.82) is 0 Å². The van der Waals surface area contributed by atoms with Crippen LogP contribution in [0.1, 0.15) is 55.6 Å². The second-order valence-electron chi connectivity index (χ2n) is 8.53. The highest BCUT2D eigenvalue weighted by molar-refractivity contribution is 6.30. The van der Waals surface area contributed by atoms with E-state index in [1.54, 1.807) is 6.92 Å². The van der Waals surface area contributed by atoms with Crippen molar-refractivity contribution in [2.45, 2.75) is 57.0 Å². The Morgan fingerprint density at radius 1 is 1.26 bits per heavy atom. The number of amides is 2. The molecular weight excluding hydrogens is 427 g/mol. The Bertz CT molecular complexity index is 1000. The molecule has 3 aliphatic carbocycles. The third-order valence-corrected chi connectivity index (χ3v) is 6.79. The molecule has 2 amide bonds. The predicted molar refractivity (Wildman–Crippen MR) is 109 cm³/mol. The molecule has 0 saturated heterocycles. The van der Waals surface area contributed by atoms with Crippen molar-refractivity contribution in [1.82, 2.24) is 20.8 Å². The fourth-order valence-electron chi connectivity index (χ4n) is 4.79. The van der Waals surface area contributed by atoms with Gasteiger partial charge in [0.1, 0.15) is 11.6 Å². The number of aromatic nitrogens is 2. The number of carbonyl (C=O) groups excluding carboxylic acids is 2. The summed E-state index contributed by atoms with van der Waals surface area (Å²) in [6, 6.07) is 4.05. The normalized spacial score (nSPS) is 27.0. The highest BCUT2D eigenvalue weighted by Gasteiger charge is 2.54. The lowest BCUT2D eigenvalue weighted by Gasteiger charge is -2.57. The molecule has 3 fully saturated rings. The molecule has 0 radical (unpaired) electrons. The maximum absolute atomic E-state index is 13.5. The summed E-state index contributed by atoms with van der Waals surface area (Å²) in [6.07, 6.45) is 3.67. The maximum Gasteiger partial charge on any atom is 0.309 e. The van der Waals surface area contributed by atoms with Crippen molar-refractivity contribution in [2.24, 2.45) is 5.92 Å². The van der Waals surface area contributed by atoms with Crippen LogP contribution in [0.5, 0.6) is 5.75 Å². The first-order chi connectivity index (χ1) is 14.7. The van der Waals surface area contributed by atoms with Gasteiger partial charge >= 0.3 is 11.8 Å². The summed E-state index contributed by atoms with van der Waals surface area (Å²) >= 11 is 5.66. The van der Waals surface area contributed by atoms with Gasteiger partial charge in [-0.05, 0) is 50.2 Å². The average Bonchev–Trinajstić information content (AvgIpc) is 3.17. The van der Waals surface area contributed by atoms with Crippen LogP contribution in [0.3, 0.4) is 0 Å². The van der Waals surface area contributed by atoms with Gasteiger partial charge in [-0.3, -0.25) is 9.59 Å². The van der Waals surface area contributed by atoms with Gasteiger partial charge in [0.2, 0.25) is 5.89 Å². The number of benzene rings is 1. The van der Waals surface area contributed by atoms with Gasteiger partial charge in [-0.1, -0.05) is 18.5 Å². The summed E-state index contributed by atoms with van der Waals surface area (Å²) in [7, 11) is 0. The second-order valence-corrected chi connectivity index (χ2v) is 8.94. The Hall–Kier alpha value is -2.68. The van der Waals surface area contributed by atoms with E-state index in [0.717, 1.165) is 38.2 Å². The van der Waals surface area contributed by atoms with Crippen LogP contribution < -0.4 is 15.4 Å². The van der Waals surface area contributed by atoms with Crippen LogP contribution in [0.4, 0.5) is 4.39 Å². The van der Waals surface area contributed by atoms with Crippen LogP contribution in [0, 0.1) is 18.7 Å². The molecule has 5 rings (SSSR count). The van der Waals surface area contributed by atoms with Crippen LogP contribution in [0.2, 0.25) is 5.02 Å². The van der Waals surface area contributed by atoms with Crippen molar-refractivity contribution in [3.63, 3.8) is 0 Å². The lowest BCUT2D eigenvalue weighted by atomic mass is 9.56. The number of fused-ring (bicyclic) bond motifs is 3. The maximum atomic E-state index is 13.5. The molecule has 0 spiro atoms. The zero-order valence-electron chi connectivity index (χ0n) is 17.3. The molecule has 2 bridgehead atoms. The van der Waals surface area contributed by atoms with Crippen LogP contribution in [-0.4, -0.2) is 39.7 Å². The monoisotopic (exact) mass is 450 g/mol. The molecule has 2 N–H and O–H groups in total. The van der Waals surface area contributed by atoms with E-state index < -0.39 is 5.82 Å². The molecule has 0 aliphatic heterocycles. The Morgan fingerprint density at radius 3 is 2.61 bits per heavy atom. The van der Waals surface area contributed by atoms with Crippen molar-refractivity contribution >= 4 is 23.4 Å². The Kier molecular flexibility index (Phi) is 5.63. The van der Waals surface area contributed by atoms with Gasteiger partial charge in [0.25, 0.3) is 5.91 Å². The highest BCUT2D eigenvalue weighted by atomic mass is 35.5. The Morgan fingerprint density at radius 2 is 2.00 bits per heavy atom. The van der Waals surface area contributed by atoms with Crippen LogP contribution in [0.15, 0.2) is 22.6 Å². The number of hydrogen-bond donors (Lipinski definition) is 2. The summed E-state index contributed by atoms with van der Waals surface area (Å²) in [6.45, 7) is 3.50. The van der Waals surface area contributed by atoms with Gasteiger partial charge in [-0.25, -0.2) is 4.39 Å². The van der Waals surface area contributed by atoms with Gasteiger partial charge in [0.15, 0.2) is 6.61 Å². The number of nitrogens with one attached hydrogen (secondary N) is 2. The highest BCUT2D eigenvalue weighted by Crippen LogP contribution is 2.50. The molecule has 10 heteroatoms. The standard InChI is InChI=1S/C21H24ClFN4O4/c1-12-10-20(25-18(29)19-27-26-13(2)31-19)5-7-21(12,8-6-20)24-17(28)11-30-14-3-4-15(22)16(23)9-14/h3-4,9,12H,5-8,10-11H2,1-2H3,(H,24,28)(H,25,29). The molecule has 3 aliphatic rings. The molecule has 1 heterocycles. The predicted octanol–water partition coefficient (Wildman–Crippen LogP) is 3.19. The quantitative estimate of drug-likeness (QED) is 0.700. The third-order valence-electron chi connectivity index (χ3n) is 6.49. The number of carbonyl (C=O) groups is 2. The third kappa shape index (κ3) is 4.37. The largest absolute Gasteiger partial charge is 0.484 e. The van der Waals surface area contributed by atoms with Gasteiger partial charge in [0, 0.05) is 24.1 Å². The first-order valence-corrected chi connectivity index (χ1v) is 10.6. The minimum absolute atomic E-state index is 0.00118. The van der Waals surface area contributed by atoms with Crippen molar-refractivity contribution < 1.29 is 23.1 Å². The first kappa shape index (κ1) is 21.5. The zero-order valence-corrected chi connectivity index (χ0v) is 18.1. The molecular formula is C21H24ClFN4O4. The van der Waals surface area contributed by atoms with Crippen LogP contribution in [0.25, 0.3) is 0 Å². The smallest absolute Gasteiger partial charge is 0.309 e. The van der Waals surface area contributed by atoms with Gasteiger partial charge in [-0.15, -0.1) is 10.2 Å². The van der Waals surface area contributed by atoms with Crippen molar-refractivity contribution in [3.05, 3.63) is 40.8 Å². The van der Waals surface area contributed by atoms with E-state index in [9.17, 15) is 14.0 Å². The van der Waals surface area contributed by atoms with E-state index in [1.165, 1.54) is 12.1 Å². The fourth-order valence-corrected chi connectivity index (χ4v) is 4.91. The number of nitrogens with zero attached hydrogens (tertiary/aromatic N) is 2. The molecule has 8 nitrogen and oxygen atoms in total. The zero-order chi connectivity index (χ0) is 22.2. The number of aryl methyl sites for hydroxylation is 1. The number of halogens is 2. The van der Waals surface area contributed by atoms with Crippen LogP contribution in [-0.2, 0) is 4.79 Å². The van der Waals surface area contributed by atoms with Crippen LogP contribution >= 0.6 is 11.6 Å². The SMILES string of the molecule is Cc1nnc(C(=O)NC23CCC(NC(=O)COc4ccc(Cl)c(F)c4)(CC2)C(C)C3)o1. The number of rotatable bonds is 6. The van der Waals surface area contributed by atoms with Crippen molar-refractivity contribution in [3.8, 4) is 5.75 Å². The molecule has 31 heavy (non-hydrogen) atoms. The Balaban J connectivity index is 1.34. The van der Waals surface area contributed by atoms with E-state index in [-0.39, 0.29) is 52.1 Å². The summed E-state index contributed by atoms with van der Waals surface area (Å²) in [5, 5.41) is 13.7. The second kappa shape index (κ2) is 8.11. The van der Waals surface area contributed by atoms with E-state index in [2.05, 4.69) is 27.8 Å². The average molecular weight is 451 g/mol. The minimum Gasteiger partial charge on any atom is -0.484 e. The Labute approximate surface area is 183 Å². The molecule has 166 valence electrons. The molecule has 1 unspecified atom stereocenters. The lowest BCUT2D eigenvalue weighted by Crippen LogP contribution is -2.67. The van der Waals surface area contributed by atoms with Crippen molar-refractivity contribution in [2.75, 3.05) is 6.61 Å². The summed E-state index contributed by atoms with van der Waals surface area (Å²) in [4.78, 5) is 25.1. The van der Waals surface area contributed by atoms with Gasteiger partial charge < -0.3 is 19.8 Å². The minimum atomic E-state index is -0.597. The molecule has 1 aromatic heterocycles. The fraction of sp³-hybridized carbons (Fsp3) is 0.524. The molecule has 1 aromatic carbocycles. The molecule has 2 aromatic rings. The van der Waals surface area contributed by atoms with E-state index in [1.807, 2.05) is 0 Å². The summed E-state index contributed by atoms with van der Waals surface area (Å²) in [5.41, 5.74) is -0.693. The van der Waals surface area contributed by atoms with E-state index >= 15 is 0 Å². The topological polar surface area (TPSA) is 106 Å². The summed E-state index contributed by atoms with van der Waals surface area (Å²) < 4.78 is 24.2. The van der Waals surface area contributed by atoms with Gasteiger partial charge in [0.05, 0.1) is 5.02 Å². The summed E-state index contributed by atoms with van der Waals surface area (Å²) in [5.74, 6) is -0.526. The number of hydrogen-bond acceptors (Lipinski definition) is 6. The van der Waals surface area contributed by atoms with E-state index in [0.29, 0.717) is 5.89 Å². The number of ether oxygens (including phenoxy) is 1. The van der Waals surface area contributed by atoms with Gasteiger partial charge in [-0.2, -0.15) is 0 Å². The van der Waals surface area contributed by atoms with E-state index in [4.69, 9.17) is 20.8 Å². The first-order valence-electron chi connectivity index (χ1n) is 10.2.